The van der Waals surface area contributed by atoms with Crippen LogP contribution >= 0.6 is 0 Å². The van der Waals surface area contributed by atoms with Crippen LogP contribution in [0.25, 0.3) is 0 Å². The first-order valence-corrected chi connectivity index (χ1v) is 5.52. The molecule has 1 atom stereocenters. The molecule has 4 nitrogen and oxygen atoms in total. The van der Waals surface area contributed by atoms with E-state index in [9.17, 15) is 0 Å². The Morgan fingerprint density at radius 2 is 1.94 bits per heavy atom. The van der Waals surface area contributed by atoms with Crippen molar-refractivity contribution >= 4 is 0 Å². The Morgan fingerprint density at radius 1 is 1.29 bits per heavy atom. The van der Waals surface area contributed by atoms with Crippen LogP contribution in [-0.4, -0.2) is 16.9 Å². The lowest BCUT2D eigenvalue weighted by Crippen LogP contribution is -2.12. The highest BCUT2D eigenvalue weighted by Gasteiger charge is 2.14. The zero-order valence-electron chi connectivity index (χ0n) is 10.3. The number of benzene rings is 1. The monoisotopic (exact) mass is 231 g/mol. The highest BCUT2D eigenvalue weighted by molar-refractivity contribution is 5.31. The molecule has 17 heavy (non-hydrogen) atoms. The molecule has 0 aliphatic carbocycles. The number of nitrogens with two attached hydrogens (primary N) is 1. The Balaban J connectivity index is 2.29. The van der Waals surface area contributed by atoms with E-state index in [4.69, 9.17) is 10.5 Å². The SMILES string of the molecule is COc1cc(C(N)c2ccc(C)cc2)nn1C. The number of rotatable bonds is 3. The second-order valence-corrected chi connectivity index (χ2v) is 4.12. The second-order valence-electron chi connectivity index (χ2n) is 4.12. The predicted octanol–water partition coefficient (Wildman–Crippen LogP) is 1.79. The third-order valence-electron chi connectivity index (χ3n) is 2.82. The van der Waals surface area contributed by atoms with Gasteiger partial charge in [-0.3, -0.25) is 0 Å². The van der Waals surface area contributed by atoms with Gasteiger partial charge in [-0.2, -0.15) is 5.10 Å². The molecular formula is C13H17N3O. The van der Waals surface area contributed by atoms with Crippen LogP contribution in [0.15, 0.2) is 30.3 Å². The molecule has 1 unspecified atom stereocenters. The molecule has 0 radical (unpaired) electrons. The van der Waals surface area contributed by atoms with Gasteiger partial charge in [0, 0.05) is 13.1 Å². The van der Waals surface area contributed by atoms with E-state index in [1.165, 1.54) is 5.56 Å². The summed E-state index contributed by atoms with van der Waals surface area (Å²) < 4.78 is 6.86. The minimum absolute atomic E-state index is 0.217. The van der Waals surface area contributed by atoms with Crippen LogP contribution in [-0.2, 0) is 7.05 Å². The maximum absolute atomic E-state index is 6.17. The maximum atomic E-state index is 6.17. The molecule has 2 rings (SSSR count). The van der Waals surface area contributed by atoms with Gasteiger partial charge < -0.3 is 10.5 Å². The molecule has 1 aromatic heterocycles. The van der Waals surface area contributed by atoms with E-state index in [2.05, 4.69) is 24.2 Å². The third kappa shape index (κ3) is 2.31. The topological polar surface area (TPSA) is 53.1 Å². The fourth-order valence-electron chi connectivity index (χ4n) is 1.76. The van der Waals surface area contributed by atoms with Gasteiger partial charge in [-0.15, -0.1) is 0 Å². The van der Waals surface area contributed by atoms with E-state index in [1.807, 2.05) is 25.2 Å². The Bertz CT molecular complexity index is 502. The predicted molar refractivity (Wildman–Crippen MR) is 67.0 cm³/mol. The first kappa shape index (κ1) is 11.7. The lowest BCUT2D eigenvalue weighted by Gasteiger charge is -2.08. The number of hydrogen-bond acceptors (Lipinski definition) is 3. The van der Waals surface area contributed by atoms with Gasteiger partial charge in [-0.1, -0.05) is 29.8 Å². The highest BCUT2D eigenvalue weighted by Crippen LogP contribution is 2.22. The number of aryl methyl sites for hydroxylation is 2. The molecule has 0 saturated carbocycles. The smallest absolute Gasteiger partial charge is 0.211 e. The van der Waals surface area contributed by atoms with Crippen molar-refractivity contribution in [2.24, 2.45) is 12.8 Å². The van der Waals surface area contributed by atoms with Gasteiger partial charge in [0.2, 0.25) is 5.88 Å². The van der Waals surface area contributed by atoms with Crippen molar-refractivity contribution in [3.8, 4) is 5.88 Å². The van der Waals surface area contributed by atoms with Crippen LogP contribution in [0.4, 0.5) is 0 Å². The molecule has 2 N–H and O–H groups in total. The van der Waals surface area contributed by atoms with Crippen LogP contribution in [0.1, 0.15) is 22.9 Å². The van der Waals surface area contributed by atoms with E-state index in [-0.39, 0.29) is 6.04 Å². The van der Waals surface area contributed by atoms with Crippen molar-refractivity contribution in [1.82, 2.24) is 9.78 Å². The number of nitrogens with zero attached hydrogens (tertiary/aromatic N) is 2. The minimum Gasteiger partial charge on any atom is -0.481 e. The fraction of sp³-hybridized carbons (Fsp3) is 0.308. The van der Waals surface area contributed by atoms with E-state index in [1.54, 1.807) is 11.8 Å². The minimum atomic E-state index is -0.217. The standard InChI is InChI=1S/C13H17N3O/c1-9-4-6-10(7-5-9)13(14)11-8-12(17-3)16(2)15-11/h4-8,13H,14H2,1-3H3. The second kappa shape index (κ2) is 4.59. The lowest BCUT2D eigenvalue weighted by molar-refractivity contribution is 0.373. The quantitative estimate of drug-likeness (QED) is 0.876. The van der Waals surface area contributed by atoms with E-state index in [0.717, 1.165) is 11.3 Å². The maximum Gasteiger partial charge on any atom is 0.211 e. The summed E-state index contributed by atoms with van der Waals surface area (Å²) in [4.78, 5) is 0. The van der Waals surface area contributed by atoms with Crippen molar-refractivity contribution in [2.75, 3.05) is 7.11 Å². The average Bonchev–Trinajstić information content (AvgIpc) is 2.70. The van der Waals surface area contributed by atoms with Crippen LogP contribution in [0.2, 0.25) is 0 Å². The van der Waals surface area contributed by atoms with Gasteiger partial charge in [0.05, 0.1) is 18.8 Å². The number of hydrogen-bond donors (Lipinski definition) is 1. The Morgan fingerprint density at radius 3 is 2.47 bits per heavy atom. The molecule has 0 spiro atoms. The largest absolute Gasteiger partial charge is 0.481 e. The fourth-order valence-corrected chi connectivity index (χ4v) is 1.76. The van der Waals surface area contributed by atoms with Crippen LogP contribution in [0.3, 0.4) is 0 Å². The number of methoxy groups -OCH3 is 1. The summed E-state index contributed by atoms with van der Waals surface area (Å²) in [7, 11) is 3.46. The normalized spacial score (nSPS) is 12.5. The van der Waals surface area contributed by atoms with E-state index < -0.39 is 0 Å². The van der Waals surface area contributed by atoms with E-state index >= 15 is 0 Å². The molecule has 1 heterocycles. The van der Waals surface area contributed by atoms with Crippen LogP contribution in [0, 0.1) is 6.92 Å². The van der Waals surface area contributed by atoms with Gasteiger partial charge in [-0.05, 0) is 12.5 Å². The van der Waals surface area contributed by atoms with E-state index in [0.29, 0.717) is 5.88 Å². The molecule has 0 bridgehead atoms. The number of ether oxygens (including phenoxy) is 1. The molecule has 0 aliphatic rings. The summed E-state index contributed by atoms with van der Waals surface area (Å²) in [6, 6.07) is 9.81. The lowest BCUT2D eigenvalue weighted by atomic mass is 10.0. The van der Waals surface area contributed by atoms with Crippen molar-refractivity contribution in [2.45, 2.75) is 13.0 Å². The zero-order chi connectivity index (χ0) is 12.4. The Labute approximate surface area is 101 Å². The summed E-state index contributed by atoms with van der Waals surface area (Å²) in [5.41, 5.74) is 9.26. The first-order valence-electron chi connectivity index (χ1n) is 5.52. The molecule has 90 valence electrons. The molecular weight excluding hydrogens is 214 g/mol. The summed E-state index contributed by atoms with van der Waals surface area (Å²) >= 11 is 0. The van der Waals surface area contributed by atoms with Gasteiger partial charge >= 0.3 is 0 Å². The summed E-state index contributed by atoms with van der Waals surface area (Å²) in [5.74, 6) is 0.711. The Hall–Kier alpha value is -1.81. The van der Waals surface area contributed by atoms with Crippen molar-refractivity contribution in [3.05, 3.63) is 47.2 Å². The summed E-state index contributed by atoms with van der Waals surface area (Å²) in [6.07, 6.45) is 0. The van der Waals surface area contributed by atoms with Crippen LogP contribution < -0.4 is 10.5 Å². The molecule has 0 fully saturated rings. The van der Waals surface area contributed by atoms with Gasteiger partial charge in [0.15, 0.2) is 0 Å². The van der Waals surface area contributed by atoms with Gasteiger partial charge in [-0.25, -0.2) is 4.68 Å². The Kier molecular flexibility index (Phi) is 3.15. The highest BCUT2D eigenvalue weighted by atomic mass is 16.5. The van der Waals surface area contributed by atoms with Crippen LogP contribution in [0.5, 0.6) is 5.88 Å². The molecule has 4 heteroatoms. The van der Waals surface area contributed by atoms with Crippen molar-refractivity contribution in [3.63, 3.8) is 0 Å². The summed E-state index contributed by atoms with van der Waals surface area (Å²) in [6.45, 7) is 2.05. The molecule has 2 aromatic rings. The average molecular weight is 231 g/mol. The molecule has 0 saturated heterocycles. The molecule has 0 aliphatic heterocycles. The zero-order valence-corrected chi connectivity index (χ0v) is 10.3. The van der Waals surface area contributed by atoms with Crippen molar-refractivity contribution in [1.29, 1.82) is 0 Å². The molecule has 1 aromatic carbocycles. The van der Waals surface area contributed by atoms with Gasteiger partial charge in [0.1, 0.15) is 0 Å². The van der Waals surface area contributed by atoms with Gasteiger partial charge in [0.25, 0.3) is 0 Å². The molecule has 0 amide bonds. The van der Waals surface area contributed by atoms with Crippen molar-refractivity contribution < 1.29 is 4.74 Å². The number of aromatic nitrogens is 2. The third-order valence-corrected chi connectivity index (χ3v) is 2.82. The summed E-state index contributed by atoms with van der Waals surface area (Å²) in [5, 5.41) is 4.35. The first-order chi connectivity index (χ1) is 8.11.